The van der Waals surface area contributed by atoms with Gasteiger partial charge in [0, 0.05) is 6.61 Å². The highest BCUT2D eigenvalue weighted by molar-refractivity contribution is 5.86. The molecule has 1 aliphatic rings. The lowest BCUT2D eigenvalue weighted by molar-refractivity contribution is -0.146. The number of carbonyl (C=O) groups is 2. The van der Waals surface area contributed by atoms with E-state index in [0.29, 0.717) is 13.0 Å². The molecule has 5 heteroatoms. The molecule has 0 saturated carbocycles. The first-order valence-corrected chi connectivity index (χ1v) is 6.42. The van der Waals surface area contributed by atoms with Gasteiger partial charge >= 0.3 is 5.97 Å². The molecule has 1 rings (SSSR count). The number of nitrogens with one attached hydrogen (secondary N) is 1. The molecule has 104 valence electrons. The number of carbonyl (C=O) groups excluding carboxylic acids is 1. The van der Waals surface area contributed by atoms with Crippen LogP contribution in [0.2, 0.25) is 0 Å². The Labute approximate surface area is 108 Å². The van der Waals surface area contributed by atoms with Crippen LogP contribution in [-0.2, 0) is 14.3 Å². The second kappa shape index (κ2) is 5.69. The van der Waals surface area contributed by atoms with Crippen molar-refractivity contribution in [1.82, 2.24) is 5.32 Å². The van der Waals surface area contributed by atoms with E-state index in [1.807, 2.05) is 6.92 Å². The van der Waals surface area contributed by atoms with Crippen LogP contribution >= 0.6 is 0 Å². The topological polar surface area (TPSA) is 75.6 Å². The third-order valence-corrected chi connectivity index (χ3v) is 3.35. The summed E-state index contributed by atoms with van der Waals surface area (Å²) >= 11 is 0. The Hall–Kier alpha value is -1.10. The Kier molecular flexibility index (Phi) is 4.73. The van der Waals surface area contributed by atoms with Crippen LogP contribution in [-0.4, -0.2) is 35.7 Å². The molecule has 0 spiro atoms. The van der Waals surface area contributed by atoms with Crippen LogP contribution in [0.3, 0.4) is 0 Å². The van der Waals surface area contributed by atoms with Crippen LogP contribution in [0.1, 0.15) is 40.5 Å². The number of carboxylic acids is 1. The summed E-state index contributed by atoms with van der Waals surface area (Å²) < 4.78 is 5.46. The van der Waals surface area contributed by atoms with Crippen molar-refractivity contribution >= 4 is 11.9 Å². The van der Waals surface area contributed by atoms with Crippen molar-refractivity contribution < 1.29 is 19.4 Å². The van der Waals surface area contributed by atoms with Gasteiger partial charge in [-0.3, -0.25) is 4.79 Å². The summed E-state index contributed by atoms with van der Waals surface area (Å²) in [6.07, 6.45) is 1.35. The summed E-state index contributed by atoms with van der Waals surface area (Å²) in [7, 11) is 0. The minimum atomic E-state index is -0.997. The maximum atomic E-state index is 12.1. The fraction of sp³-hybridized carbons (Fsp3) is 0.846. The highest BCUT2D eigenvalue weighted by Gasteiger charge is 2.38. The average Bonchev–Trinajstić information content (AvgIpc) is 2.71. The minimum Gasteiger partial charge on any atom is -0.480 e. The summed E-state index contributed by atoms with van der Waals surface area (Å²) in [6, 6.07) is -0.872. The van der Waals surface area contributed by atoms with Gasteiger partial charge in [0.15, 0.2) is 0 Å². The zero-order chi connectivity index (χ0) is 13.9. The maximum absolute atomic E-state index is 12.1. The fourth-order valence-corrected chi connectivity index (χ4v) is 2.25. The number of rotatable bonds is 4. The molecule has 1 heterocycles. The highest BCUT2D eigenvalue weighted by Crippen LogP contribution is 2.25. The van der Waals surface area contributed by atoms with E-state index < -0.39 is 17.4 Å². The molecule has 18 heavy (non-hydrogen) atoms. The van der Waals surface area contributed by atoms with Gasteiger partial charge in [0.05, 0.1) is 12.0 Å². The molecular weight excluding hydrogens is 234 g/mol. The Bertz CT molecular complexity index is 321. The van der Waals surface area contributed by atoms with Crippen LogP contribution < -0.4 is 5.32 Å². The van der Waals surface area contributed by atoms with E-state index in [1.165, 1.54) is 0 Å². The summed E-state index contributed by atoms with van der Waals surface area (Å²) in [5, 5.41) is 11.8. The van der Waals surface area contributed by atoms with Gasteiger partial charge in [-0.15, -0.1) is 0 Å². The van der Waals surface area contributed by atoms with E-state index in [2.05, 4.69) is 5.32 Å². The van der Waals surface area contributed by atoms with E-state index in [9.17, 15) is 14.7 Å². The van der Waals surface area contributed by atoms with Crippen LogP contribution in [0.4, 0.5) is 0 Å². The predicted octanol–water partition coefficient (Wildman–Crippen LogP) is 1.42. The normalized spacial score (nSPS) is 25.8. The molecule has 0 aromatic rings. The monoisotopic (exact) mass is 257 g/mol. The first kappa shape index (κ1) is 15.0. The van der Waals surface area contributed by atoms with Gasteiger partial charge in [0.2, 0.25) is 5.91 Å². The Morgan fingerprint density at radius 1 is 1.44 bits per heavy atom. The third kappa shape index (κ3) is 3.45. The molecule has 5 nitrogen and oxygen atoms in total. The van der Waals surface area contributed by atoms with Gasteiger partial charge in [-0.1, -0.05) is 27.7 Å². The van der Waals surface area contributed by atoms with Gasteiger partial charge in [0.25, 0.3) is 0 Å². The third-order valence-electron chi connectivity index (χ3n) is 3.35. The van der Waals surface area contributed by atoms with Crippen molar-refractivity contribution in [1.29, 1.82) is 0 Å². The zero-order valence-electron chi connectivity index (χ0n) is 11.5. The molecular formula is C13H23NO4. The zero-order valence-corrected chi connectivity index (χ0v) is 11.5. The van der Waals surface area contributed by atoms with Crippen LogP contribution in [0.5, 0.6) is 0 Å². The Morgan fingerprint density at radius 2 is 2.06 bits per heavy atom. The SMILES string of the molecule is CCC1OCCC1C(=O)N[C@H](C(=O)O)C(C)(C)C. The van der Waals surface area contributed by atoms with Gasteiger partial charge < -0.3 is 15.2 Å². The largest absolute Gasteiger partial charge is 0.480 e. The van der Waals surface area contributed by atoms with Crippen molar-refractivity contribution in [2.24, 2.45) is 11.3 Å². The maximum Gasteiger partial charge on any atom is 0.326 e. The van der Waals surface area contributed by atoms with Crippen LogP contribution in [0, 0.1) is 11.3 Å². The summed E-state index contributed by atoms with van der Waals surface area (Å²) in [5.74, 6) is -1.43. The van der Waals surface area contributed by atoms with E-state index in [1.54, 1.807) is 20.8 Å². The summed E-state index contributed by atoms with van der Waals surface area (Å²) in [4.78, 5) is 23.3. The van der Waals surface area contributed by atoms with E-state index in [0.717, 1.165) is 6.42 Å². The molecule has 1 fully saturated rings. The molecule has 1 aliphatic heterocycles. The lowest BCUT2D eigenvalue weighted by Gasteiger charge is -2.29. The molecule has 1 saturated heterocycles. The Balaban J connectivity index is 2.70. The fourth-order valence-electron chi connectivity index (χ4n) is 2.25. The number of amides is 1. The molecule has 0 bridgehead atoms. The smallest absolute Gasteiger partial charge is 0.326 e. The minimum absolute atomic E-state index is 0.0839. The van der Waals surface area contributed by atoms with Crippen LogP contribution in [0.15, 0.2) is 0 Å². The summed E-state index contributed by atoms with van der Waals surface area (Å²) in [5.41, 5.74) is -0.511. The van der Waals surface area contributed by atoms with E-state index in [4.69, 9.17) is 4.74 Å². The average molecular weight is 257 g/mol. The van der Waals surface area contributed by atoms with Gasteiger partial charge in [0.1, 0.15) is 6.04 Å². The highest BCUT2D eigenvalue weighted by atomic mass is 16.5. The lowest BCUT2D eigenvalue weighted by atomic mass is 9.86. The second-order valence-electron chi connectivity index (χ2n) is 5.86. The molecule has 2 N–H and O–H groups in total. The first-order valence-electron chi connectivity index (χ1n) is 6.42. The predicted molar refractivity (Wildman–Crippen MR) is 67.2 cm³/mol. The molecule has 0 radical (unpaired) electrons. The number of aliphatic carboxylic acids is 1. The van der Waals surface area contributed by atoms with Crippen molar-refractivity contribution in [2.75, 3.05) is 6.61 Å². The lowest BCUT2D eigenvalue weighted by Crippen LogP contribution is -2.51. The number of ether oxygens (including phenoxy) is 1. The molecule has 0 aromatic heterocycles. The van der Waals surface area contributed by atoms with Gasteiger partial charge in [-0.05, 0) is 18.3 Å². The standard InChI is InChI=1S/C13H23NO4/c1-5-9-8(6-7-18-9)11(15)14-10(12(16)17)13(2,3)4/h8-10H,5-7H2,1-4H3,(H,14,15)(H,16,17)/t8?,9?,10-/m1/s1. The van der Waals surface area contributed by atoms with E-state index in [-0.39, 0.29) is 17.9 Å². The Morgan fingerprint density at radius 3 is 2.50 bits per heavy atom. The van der Waals surface area contributed by atoms with Crippen molar-refractivity contribution in [3.8, 4) is 0 Å². The van der Waals surface area contributed by atoms with Gasteiger partial charge in [-0.25, -0.2) is 4.79 Å². The van der Waals surface area contributed by atoms with Crippen LogP contribution in [0.25, 0.3) is 0 Å². The molecule has 2 unspecified atom stereocenters. The van der Waals surface area contributed by atoms with Crippen molar-refractivity contribution in [3.05, 3.63) is 0 Å². The number of hydrogen-bond acceptors (Lipinski definition) is 3. The van der Waals surface area contributed by atoms with Gasteiger partial charge in [-0.2, -0.15) is 0 Å². The number of hydrogen-bond donors (Lipinski definition) is 2. The quantitative estimate of drug-likeness (QED) is 0.798. The molecule has 0 aromatic carbocycles. The van der Waals surface area contributed by atoms with Crippen molar-refractivity contribution in [3.63, 3.8) is 0 Å². The molecule has 1 amide bonds. The molecule has 0 aliphatic carbocycles. The number of carboxylic acid groups (broad SMARTS) is 1. The first-order chi connectivity index (χ1) is 8.27. The second-order valence-corrected chi connectivity index (χ2v) is 5.86. The van der Waals surface area contributed by atoms with Crippen molar-refractivity contribution in [2.45, 2.75) is 52.7 Å². The van der Waals surface area contributed by atoms with E-state index >= 15 is 0 Å². The molecule has 3 atom stereocenters. The summed E-state index contributed by atoms with van der Waals surface area (Å²) in [6.45, 7) is 7.94.